The number of benzene rings is 1. The highest BCUT2D eigenvalue weighted by Crippen LogP contribution is 2.36. The average Bonchev–Trinajstić information content (AvgIpc) is 2.74. The summed E-state index contributed by atoms with van der Waals surface area (Å²) in [6.45, 7) is 5.32. The summed E-state index contributed by atoms with van der Waals surface area (Å²) in [6.07, 6.45) is 5.61. The van der Waals surface area contributed by atoms with E-state index >= 15 is 0 Å². The van der Waals surface area contributed by atoms with E-state index in [1.807, 2.05) is 17.8 Å². The molecule has 0 bridgehead atoms. The van der Waals surface area contributed by atoms with E-state index in [1.54, 1.807) is 0 Å². The SMILES string of the molecule is Clc1ccc2c(c1)SCC1=C(C2)N(N2CCNCC2)CC=C1. The van der Waals surface area contributed by atoms with Gasteiger partial charge in [-0.3, -0.25) is 0 Å². The van der Waals surface area contributed by atoms with Crippen molar-refractivity contribution in [1.82, 2.24) is 15.3 Å². The fourth-order valence-electron chi connectivity index (χ4n) is 3.33. The van der Waals surface area contributed by atoms with Gasteiger partial charge in [-0.25, -0.2) is 5.01 Å². The van der Waals surface area contributed by atoms with E-state index in [2.05, 4.69) is 39.6 Å². The minimum atomic E-state index is 0.834. The van der Waals surface area contributed by atoms with Crippen LogP contribution in [0.5, 0.6) is 0 Å². The Hall–Kier alpha value is -0.940. The monoisotopic (exact) mass is 333 g/mol. The van der Waals surface area contributed by atoms with Crippen LogP contribution in [0.2, 0.25) is 5.02 Å². The molecule has 0 aliphatic carbocycles. The first-order valence-electron chi connectivity index (χ1n) is 7.84. The first kappa shape index (κ1) is 14.6. The van der Waals surface area contributed by atoms with E-state index in [-0.39, 0.29) is 0 Å². The van der Waals surface area contributed by atoms with Crippen molar-refractivity contribution in [2.45, 2.75) is 11.3 Å². The quantitative estimate of drug-likeness (QED) is 0.851. The van der Waals surface area contributed by atoms with Crippen LogP contribution in [0.25, 0.3) is 0 Å². The molecule has 0 unspecified atom stereocenters. The molecule has 1 N–H and O–H groups in total. The number of hydrazine groups is 1. The van der Waals surface area contributed by atoms with E-state index < -0.39 is 0 Å². The molecule has 3 heterocycles. The Morgan fingerprint density at radius 1 is 1.18 bits per heavy atom. The van der Waals surface area contributed by atoms with Crippen LogP contribution in [0.3, 0.4) is 0 Å². The molecule has 3 aliphatic rings. The zero-order valence-electron chi connectivity index (χ0n) is 12.5. The van der Waals surface area contributed by atoms with Gasteiger partial charge in [-0.15, -0.1) is 11.8 Å². The van der Waals surface area contributed by atoms with Gasteiger partial charge >= 0.3 is 0 Å². The third-order valence-electron chi connectivity index (χ3n) is 4.48. The summed E-state index contributed by atoms with van der Waals surface area (Å²) in [6, 6.07) is 6.31. The highest BCUT2D eigenvalue weighted by atomic mass is 35.5. The minimum Gasteiger partial charge on any atom is -0.314 e. The van der Waals surface area contributed by atoms with Crippen LogP contribution in [0.4, 0.5) is 0 Å². The van der Waals surface area contributed by atoms with E-state index in [4.69, 9.17) is 11.6 Å². The van der Waals surface area contributed by atoms with Gasteiger partial charge in [0.15, 0.2) is 0 Å². The highest BCUT2D eigenvalue weighted by molar-refractivity contribution is 7.99. The lowest BCUT2D eigenvalue weighted by molar-refractivity contribution is 0.00356. The molecule has 116 valence electrons. The second-order valence-corrected chi connectivity index (χ2v) is 7.33. The first-order valence-corrected chi connectivity index (χ1v) is 9.20. The number of halogens is 1. The number of thioether (sulfide) groups is 1. The third-order valence-corrected chi connectivity index (χ3v) is 5.87. The van der Waals surface area contributed by atoms with Crippen molar-refractivity contribution < 1.29 is 0 Å². The molecule has 3 aliphatic heterocycles. The van der Waals surface area contributed by atoms with Crippen molar-refractivity contribution in [1.29, 1.82) is 0 Å². The molecular weight excluding hydrogens is 314 g/mol. The Kier molecular flexibility index (Phi) is 4.18. The van der Waals surface area contributed by atoms with Crippen LogP contribution >= 0.6 is 23.4 Å². The second kappa shape index (κ2) is 6.28. The van der Waals surface area contributed by atoms with Gasteiger partial charge in [0, 0.05) is 54.0 Å². The van der Waals surface area contributed by atoms with Gasteiger partial charge in [0.05, 0.1) is 6.54 Å². The number of piperazine rings is 1. The van der Waals surface area contributed by atoms with Crippen molar-refractivity contribution in [2.75, 3.05) is 38.5 Å². The maximum atomic E-state index is 6.17. The average molecular weight is 334 g/mol. The van der Waals surface area contributed by atoms with Gasteiger partial charge in [0.1, 0.15) is 0 Å². The Bertz CT molecular complexity index is 635. The lowest BCUT2D eigenvalue weighted by Crippen LogP contribution is -2.53. The molecule has 0 spiro atoms. The van der Waals surface area contributed by atoms with Crippen LogP contribution in [0.1, 0.15) is 5.56 Å². The van der Waals surface area contributed by atoms with Crippen molar-refractivity contribution in [3.8, 4) is 0 Å². The highest BCUT2D eigenvalue weighted by Gasteiger charge is 2.26. The maximum absolute atomic E-state index is 6.17. The molecule has 0 radical (unpaired) electrons. The summed E-state index contributed by atoms with van der Waals surface area (Å²) in [7, 11) is 0. The zero-order chi connectivity index (χ0) is 14.9. The van der Waals surface area contributed by atoms with Crippen molar-refractivity contribution in [3.05, 3.63) is 52.2 Å². The predicted octanol–water partition coefficient (Wildman–Crippen LogP) is 2.93. The summed E-state index contributed by atoms with van der Waals surface area (Å²) in [5.74, 6) is 1.03. The lowest BCUT2D eigenvalue weighted by atomic mass is 10.0. The molecule has 1 fully saturated rings. The number of hydrogen-bond acceptors (Lipinski definition) is 4. The maximum Gasteiger partial charge on any atom is 0.0527 e. The number of nitrogens with zero attached hydrogens (tertiary/aromatic N) is 2. The minimum absolute atomic E-state index is 0.834. The molecule has 4 rings (SSSR count). The predicted molar refractivity (Wildman–Crippen MR) is 93.2 cm³/mol. The van der Waals surface area contributed by atoms with Crippen LogP contribution in [0, 0.1) is 0 Å². The Labute approximate surface area is 141 Å². The van der Waals surface area contributed by atoms with Crippen LogP contribution < -0.4 is 5.32 Å². The summed E-state index contributed by atoms with van der Waals surface area (Å²) in [5.41, 5.74) is 4.33. The van der Waals surface area contributed by atoms with Gasteiger partial charge in [0.25, 0.3) is 0 Å². The number of allylic oxidation sites excluding steroid dienone is 2. The number of rotatable bonds is 1. The molecule has 1 aromatic carbocycles. The Morgan fingerprint density at radius 2 is 2.05 bits per heavy atom. The van der Waals surface area contributed by atoms with Gasteiger partial charge in [-0.1, -0.05) is 29.8 Å². The smallest absolute Gasteiger partial charge is 0.0527 e. The van der Waals surface area contributed by atoms with Crippen molar-refractivity contribution >= 4 is 23.4 Å². The van der Waals surface area contributed by atoms with E-state index in [0.717, 1.165) is 49.9 Å². The van der Waals surface area contributed by atoms with Crippen LogP contribution in [0.15, 0.2) is 46.5 Å². The molecule has 0 atom stereocenters. The normalized spacial score (nSPS) is 22.3. The van der Waals surface area contributed by atoms with Crippen molar-refractivity contribution in [3.63, 3.8) is 0 Å². The summed E-state index contributed by atoms with van der Waals surface area (Å²) >= 11 is 8.07. The molecule has 0 amide bonds. The summed E-state index contributed by atoms with van der Waals surface area (Å²) in [4.78, 5) is 1.33. The fraction of sp³-hybridized carbons (Fsp3) is 0.412. The van der Waals surface area contributed by atoms with Crippen LogP contribution in [-0.4, -0.2) is 48.5 Å². The number of nitrogens with one attached hydrogen (secondary N) is 1. The Morgan fingerprint density at radius 3 is 2.91 bits per heavy atom. The lowest BCUT2D eigenvalue weighted by Gasteiger charge is -2.42. The molecule has 0 aromatic heterocycles. The van der Waals surface area contributed by atoms with E-state index in [0.29, 0.717) is 0 Å². The van der Waals surface area contributed by atoms with Crippen molar-refractivity contribution in [2.24, 2.45) is 0 Å². The molecule has 5 heteroatoms. The molecule has 1 saturated heterocycles. The van der Waals surface area contributed by atoms with Gasteiger partial charge in [-0.2, -0.15) is 0 Å². The zero-order valence-corrected chi connectivity index (χ0v) is 14.1. The van der Waals surface area contributed by atoms with E-state index in [9.17, 15) is 0 Å². The van der Waals surface area contributed by atoms with Gasteiger partial charge in [-0.05, 0) is 23.3 Å². The molecule has 0 saturated carbocycles. The number of fused-ring (bicyclic) bond motifs is 1. The summed E-state index contributed by atoms with van der Waals surface area (Å²) < 4.78 is 0. The summed E-state index contributed by atoms with van der Waals surface area (Å²) in [5, 5.41) is 9.27. The molecule has 3 nitrogen and oxygen atoms in total. The fourth-order valence-corrected chi connectivity index (χ4v) is 4.68. The molecular formula is C17H20ClN3S. The third kappa shape index (κ3) is 2.81. The molecule has 1 aromatic rings. The standard InChI is InChI=1S/C17H20ClN3S/c18-15-4-3-13-10-16-14(12-22-17(13)11-15)2-1-7-21(16)20-8-5-19-6-9-20/h1-4,11,19H,5-10,12H2. The van der Waals surface area contributed by atoms with E-state index in [1.165, 1.54) is 21.7 Å². The van der Waals surface area contributed by atoms with Gasteiger partial charge in [0.2, 0.25) is 0 Å². The number of hydrogen-bond donors (Lipinski definition) is 1. The van der Waals surface area contributed by atoms with Crippen LogP contribution in [-0.2, 0) is 6.42 Å². The largest absolute Gasteiger partial charge is 0.314 e. The first-order chi connectivity index (χ1) is 10.8. The van der Waals surface area contributed by atoms with Gasteiger partial charge < -0.3 is 10.3 Å². The molecule has 22 heavy (non-hydrogen) atoms. The topological polar surface area (TPSA) is 18.5 Å². The second-order valence-electron chi connectivity index (χ2n) is 5.88. The Balaban J connectivity index is 1.66.